The summed E-state index contributed by atoms with van der Waals surface area (Å²) in [4.78, 5) is 11.0. The largest absolute Gasteiger partial charge is 0.481 e. The van der Waals surface area contributed by atoms with Crippen LogP contribution in [0.4, 0.5) is 0 Å². The average molecular weight is 432 g/mol. The summed E-state index contributed by atoms with van der Waals surface area (Å²) < 4.78 is 5.29. The van der Waals surface area contributed by atoms with E-state index in [2.05, 4.69) is 34.0 Å². The summed E-state index contributed by atoms with van der Waals surface area (Å²) in [5.41, 5.74) is 1.05. The van der Waals surface area contributed by atoms with E-state index in [0.717, 1.165) is 36.4 Å². The Morgan fingerprint density at radius 2 is 2.30 bits per heavy atom. The zero-order chi connectivity index (χ0) is 15.9. The maximum atomic E-state index is 5.29. The highest BCUT2D eigenvalue weighted by atomic mass is 127. The molecule has 0 amide bonds. The lowest BCUT2D eigenvalue weighted by atomic mass is 9.97. The number of likely N-dealkylation sites (tertiary alicyclic amines) is 1. The summed E-state index contributed by atoms with van der Waals surface area (Å²) >= 11 is 0. The monoisotopic (exact) mass is 432 g/mol. The van der Waals surface area contributed by atoms with Crippen molar-refractivity contribution < 1.29 is 4.74 Å². The van der Waals surface area contributed by atoms with Crippen molar-refractivity contribution in [3.63, 3.8) is 0 Å². The van der Waals surface area contributed by atoms with Crippen LogP contribution in [-0.4, -0.2) is 43.1 Å². The zero-order valence-electron chi connectivity index (χ0n) is 14.6. The van der Waals surface area contributed by atoms with Crippen LogP contribution in [0.25, 0.3) is 0 Å². The molecule has 1 N–H and O–H groups in total. The van der Waals surface area contributed by atoms with E-state index in [0.29, 0.717) is 12.4 Å². The minimum atomic E-state index is 0. The summed E-state index contributed by atoms with van der Waals surface area (Å²) in [6.45, 7) is 7.45. The highest BCUT2D eigenvalue weighted by Gasteiger charge is 2.25. The minimum absolute atomic E-state index is 0. The second-order valence-corrected chi connectivity index (χ2v) is 6.30. The van der Waals surface area contributed by atoms with Gasteiger partial charge in [-0.05, 0) is 30.7 Å². The number of hydrogen-bond donors (Lipinski definition) is 1. The number of ether oxygens (including phenoxy) is 1. The number of hydrogen-bond acceptors (Lipinski definition) is 3. The van der Waals surface area contributed by atoms with Crippen LogP contribution in [0.1, 0.15) is 32.3 Å². The number of guanidine groups is 1. The van der Waals surface area contributed by atoms with Crippen molar-refractivity contribution in [3.05, 3.63) is 23.9 Å². The topological polar surface area (TPSA) is 49.8 Å². The Morgan fingerprint density at radius 1 is 1.52 bits per heavy atom. The molecule has 1 atom stereocenters. The molecule has 6 heteroatoms. The summed E-state index contributed by atoms with van der Waals surface area (Å²) in [5, 5.41) is 3.43. The number of methoxy groups -OCH3 is 1. The number of halogens is 1. The summed E-state index contributed by atoms with van der Waals surface area (Å²) in [5.74, 6) is 3.19. The summed E-state index contributed by atoms with van der Waals surface area (Å²) in [7, 11) is 3.50. The van der Waals surface area contributed by atoms with E-state index < -0.39 is 0 Å². The zero-order valence-corrected chi connectivity index (χ0v) is 16.9. The lowest BCUT2D eigenvalue weighted by Crippen LogP contribution is -2.39. The van der Waals surface area contributed by atoms with E-state index in [-0.39, 0.29) is 24.0 Å². The van der Waals surface area contributed by atoms with Crippen molar-refractivity contribution in [3.8, 4) is 5.88 Å². The van der Waals surface area contributed by atoms with E-state index in [4.69, 9.17) is 4.74 Å². The van der Waals surface area contributed by atoms with Crippen LogP contribution in [0.15, 0.2) is 23.3 Å². The molecule has 1 aromatic rings. The van der Waals surface area contributed by atoms with E-state index in [1.54, 1.807) is 13.3 Å². The molecule has 1 unspecified atom stereocenters. The van der Waals surface area contributed by atoms with Crippen LogP contribution >= 0.6 is 24.0 Å². The van der Waals surface area contributed by atoms with Gasteiger partial charge < -0.3 is 15.0 Å². The summed E-state index contributed by atoms with van der Waals surface area (Å²) in [6, 6.07) is 3.95. The molecular weight excluding hydrogens is 403 g/mol. The molecule has 0 aromatic carbocycles. The molecule has 1 aliphatic rings. The lowest BCUT2D eigenvalue weighted by Gasteiger charge is -2.22. The van der Waals surface area contributed by atoms with E-state index in [9.17, 15) is 0 Å². The van der Waals surface area contributed by atoms with Gasteiger partial charge in [-0.3, -0.25) is 4.99 Å². The van der Waals surface area contributed by atoms with Gasteiger partial charge in [0.25, 0.3) is 0 Å². The highest BCUT2D eigenvalue weighted by molar-refractivity contribution is 14.0. The van der Waals surface area contributed by atoms with E-state index in [1.807, 2.05) is 19.2 Å². The molecule has 1 aromatic heterocycles. The van der Waals surface area contributed by atoms with Crippen LogP contribution in [0.3, 0.4) is 0 Å². The molecule has 130 valence electrons. The maximum Gasteiger partial charge on any atom is 0.218 e. The number of aliphatic imine (C=N–C) groups is 1. The van der Waals surface area contributed by atoms with Crippen LogP contribution in [0.2, 0.25) is 0 Å². The Balaban J connectivity index is 0.00000264. The minimum Gasteiger partial charge on any atom is -0.481 e. The number of pyridine rings is 1. The molecule has 2 heterocycles. The number of aromatic nitrogens is 1. The summed E-state index contributed by atoms with van der Waals surface area (Å²) in [6.07, 6.45) is 4.30. The second-order valence-electron chi connectivity index (χ2n) is 6.30. The van der Waals surface area contributed by atoms with Crippen LogP contribution in [0, 0.1) is 11.8 Å². The Bertz CT molecular complexity index is 507. The molecule has 0 spiro atoms. The predicted molar refractivity (Wildman–Crippen MR) is 106 cm³/mol. The molecule has 2 rings (SSSR count). The molecule has 1 aliphatic heterocycles. The Labute approximate surface area is 156 Å². The second kappa shape index (κ2) is 9.95. The van der Waals surface area contributed by atoms with Crippen molar-refractivity contribution >= 4 is 29.9 Å². The molecular formula is C17H29IN4O. The van der Waals surface area contributed by atoms with Gasteiger partial charge in [-0.1, -0.05) is 19.9 Å². The first-order valence-electron chi connectivity index (χ1n) is 8.07. The van der Waals surface area contributed by atoms with Gasteiger partial charge in [0.15, 0.2) is 5.96 Å². The fourth-order valence-electron chi connectivity index (χ4n) is 3.13. The third-order valence-electron chi connectivity index (χ3n) is 4.08. The third-order valence-corrected chi connectivity index (χ3v) is 4.08. The first kappa shape index (κ1) is 20.0. The van der Waals surface area contributed by atoms with Gasteiger partial charge in [0.1, 0.15) is 0 Å². The van der Waals surface area contributed by atoms with Crippen molar-refractivity contribution in [1.82, 2.24) is 15.2 Å². The van der Waals surface area contributed by atoms with Gasteiger partial charge in [0, 0.05) is 38.4 Å². The van der Waals surface area contributed by atoms with Gasteiger partial charge in [-0.15, -0.1) is 24.0 Å². The van der Waals surface area contributed by atoms with Gasteiger partial charge in [0.2, 0.25) is 5.88 Å². The van der Waals surface area contributed by atoms with Crippen LogP contribution in [-0.2, 0) is 6.54 Å². The van der Waals surface area contributed by atoms with Crippen molar-refractivity contribution in [2.24, 2.45) is 16.8 Å². The molecule has 1 fully saturated rings. The van der Waals surface area contributed by atoms with Gasteiger partial charge >= 0.3 is 0 Å². The Hall–Kier alpha value is -1.05. The van der Waals surface area contributed by atoms with Crippen LogP contribution in [0.5, 0.6) is 5.88 Å². The molecule has 1 saturated heterocycles. The molecule has 0 saturated carbocycles. The van der Waals surface area contributed by atoms with Crippen molar-refractivity contribution in [2.75, 3.05) is 27.2 Å². The van der Waals surface area contributed by atoms with E-state index in [1.165, 1.54) is 12.8 Å². The lowest BCUT2D eigenvalue weighted by molar-refractivity contribution is 0.389. The van der Waals surface area contributed by atoms with Crippen molar-refractivity contribution in [1.29, 1.82) is 0 Å². The van der Waals surface area contributed by atoms with Gasteiger partial charge in [-0.25, -0.2) is 4.98 Å². The van der Waals surface area contributed by atoms with Gasteiger partial charge in [-0.2, -0.15) is 0 Å². The molecule has 23 heavy (non-hydrogen) atoms. The molecule has 0 radical (unpaired) electrons. The standard InChI is InChI=1S/C17H28N4O.HI/c1-13(2)10-14-7-9-21(12-14)17(18-3)20-11-15-6-5-8-19-16(15)22-4;/h5-6,8,13-14H,7,9-12H2,1-4H3,(H,18,20);1H. The predicted octanol–water partition coefficient (Wildman–Crippen LogP) is 3.15. The fourth-order valence-corrected chi connectivity index (χ4v) is 3.13. The third kappa shape index (κ3) is 5.82. The average Bonchev–Trinajstić information content (AvgIpc) is 2.96. The first-order valence-corrected chi connectivity index (χ1v) is 8.07. The highest BCUT2D eigenvalue weighted by Crippen LogP contribution is 2.23. The number of rotatable bonds is 5. The normalized spacial score (nSPS) is 18.0. The smallest absolute Gasteiger partial charge is 0.218 e. The quantitative estimate of drug-likeness (QED) is 0.441. The Kier molecular flexibility index (Phi) is 8.65. The SMILES string of the molecule is CN=C(NCc1cccnc1OC)N1CCC(CC(C)C)C1.I. The van der Waals surface area contributed by atoms with Crippen molar-refractivity contribution in [2.45, 2.75) is 33.2 Å². The fraction of sp³-hybridized carbons (Fsp3) is 0.647. The maximum absolute atomic E-state index is 5.29. The molecule has 0 bridgehead atoms. The van der Waals surface area contributed by atoms with E-state index >= 15 is 0 Å². The molecule has 5 nitrogen and oxygen atoms in total. The van der Waals surface area contributed by atoms with Crippen LogP contribution < -0.4 is 10.1 Å². The van der Waals surface area contributed by atoms with Gasteiger partial charge in [0.05, 0.1) is 7.11 Å². The Morgan fingerprint density at radius 3 is 2.96 bits per heavy atom. The number of nitrogens with zero attached hydrogens (tertiary/aromatic N) is 3. The molecule has 0 aliphatic carbocycles. The number of nitrogens with one attached hydrogen (secondary N) is 1. The first-order chi connectivity index (χ1) is 10.6.